The van der Waals surface area contributed by atoms with Gasteiger partial charge in [0.05, 0.1) is 18.3 Å². The minimum Gasteiger partial charge on any atom is -0.496 e. The lowest BCUT2D eigenvalue weighted by molar-refractivity contribution is -0.132. The van der Waals surface area contributed by atoms with Gasteiger partial charge < -0.3 is 24.7 Å². The van der Waals surface area contributed by atoms with Crippen LogP contribution < -0.4 is 21.1 Å². The molecule has 178 valence electrons. The molecule has 2 N–H and O–H groups in total. The van der Waals surface area contributed by atoms with Crippen LogP contribution in [0.5, 0.6) is 5.75 Å². The van der Waals surface area contributed by atoms with E-state index < -0.39 is 17.6 Å². The number of methoxy groups -OCH3 is 1. The monoisotopic (exact) mass is 468 g/mol. The number of benzene rings is 2. The Labute approximate surface area is 194 Å². The van der Waals surface area contributed by atoms with Crippen LogP contribution in [0.2, 0.25) is 0 Å². The van der Waals surface area contributed by atoms with Crippen molar-refractivity contribution in [3.05, 3.63) is 52.3 Å². The molecule has 3 heterocycles. The molecule has 9 nitrogen and oxygen atoms in total. The summed E-state index contributed by atoms with van der Waals surface area (Å²) in [7, 11) is 1.50. The van der Waals surface area contributed by atoms with Crippen LogP contribution in [0.4, 0.5) is 15.8 Å². The van der Waals surface area contributed by atoms with Crippen LogP contribution in [0.15, 0.2) is 39.5 Å². The van der Waals surface area contributed by atoms with Crippen molar-refractivity contribution in [1.29, 1.82) is 0 Å². The predicted molar refractivity (Wildman–Crippen MR) is 124 cm³/mol. The van der Waals surface area contributed by atoms with Gasteiger partial charge in [0.15, 0.2) is 5.58 Å². The first-order valence-electron chi connectivity index (χ1n) is 11.3. The summed E-state index contributed by atoms with van der Waals surface area (Å²) in [4.78, 5) is 39.8. The summed E-state index contributed by atoms with van der Waals surface area (Å²) in [6.45, 7) is 1.25. The lowest BCUT2D eigenvalue weighted by Crippen LogP contribution is -2.39. The number of piperidine rings is 1. The summed E-state index contributed by atoms with van der Waals surface area (Å²) in [5, 5.41) is 5.73. The molecule has 1 atom stereocenters. The van der Waals surface area contributed by atoms with Crippen molar-refractivity contribution in [2.45, 2.75) is 38.3 Å². The number of carbonyl (C=O) groups excluding carboxylic acids is 2. The topological polar surface area (TPSA) is 106 Å². The van der Waals surface area contributed by atoms with Crippen LogP contribution in [0.1, 0.15) is 24.8 Å². The minimum atomic E-state index is -0.691. The summed E-state index contributed by atoms with van der Waals surface area (Å²) in [6.07, 6.45) is 3.28. The SMILES string of the molecule is COc1ccc(F)c2c1CC(C(=O)Nc1ccc3oc(=O)n(CC(=O)N4CCCCC4)c3c1)N2. The highest BCUT2D eigenvalue weighted by Crippen LogP contribution is 2.36. The van der Waals surface area contributed by atoms with Crippen molar-refractivity contribution in [3.8, 4) is 5.75 Å². The van der Waals surface area contributed by atoms with Gasteiger partial charge in [0.2, 0.25) is 11.8 Å². The second-order valence-electron chi connectivity index (χ2n) is 8.57. The number of anilines is 2. The maximum atomic E-state index is 14.2. The van der Waals surface area contributed by atoms with E-state index in [9.17, 15) is 18.8 Å². The van der Waals surface area contributed by atoms with Gasteiger partial charge in [0.25, 0.3) is 0 Å². The second-order valence-corrected chi connectivity index (χ2v) is 8.57. The van der Waals surface area contributed by atoms with Gasteiger partial charge in [0, 0.05) is 30.8 Å². The number of rotatable bonds is 5. The second kappa shape index (κ2) is 8.85. The van der Waals surface area contributed by atoms with Crippen molar-refractivity contribution in [3.63, 3.8) is 0 Å². The lowest BCUT2D eigenvalue weighted by atomic mass is 10.1. The van der Waals surface area contributed by atoms with Crippen LogP contribution in [0, 0.1) is 5.82 Å². The van der Waals surface area contributed by atoms with Gasteiger partial charge in [-0.25, -0.2) is 9.18 Å². The van der Waals surface area contributed by atoms with Gasteiger partial charge in [0.1, 0.15) is 24.2 Å². The first-order chi connectivity index (χ1) is 16.4. The number of carbonyl (C=O) groups is 2. The van der Waals surface area contributed by atoms with Gasteiger partial charge in [-0.2, -0.15) is 0 Å². The number of fused-ring (bicyclic) bond motifs is 2. The molecule has 2 amide bonds. The zero-order valence-electron chi connectivity index (χ0n) is 18.7. The smallest absolute Gasteiger partial charge is 0.420 e. The molecule has 1 fully saturated rings. The fourth-order valence-electron chi connectivity index (χ4n) is 4.64. The van der Waals surface area contributed by atoms with Gasteiger partial charge >= 0.3 is 5.76 Å². The highest BCUT2D eigenvalue weighted by molar-refractivity contribution is 5.99. The van der Waals surface area contributed by atoms with Crippen molar-refractivity contribution < 1.29 is 23.1 Å². The van der Waals surface area contributed by atoms with E-state index in [4.69, 9.17) is 9.15 Å². The predicted octanol–water partition coefficient (Wildman–Crippen LogP) is 2.73. The summed E-state index contributed by atoms with van der Waals surface area (Å²) < 4.78 is 26.1. The molecule has 2 aliphatic heterocycles. The molecule has 1 saturated heterocycles. The van der Waals surface area contributed by atoms with E-state index in [1.807, 2.05) is 0 Å². The Morgan fingerprint density at radius 3 is 2.76 bits per heavy atom. The molecule has 0 saturated carbocycles. The zero-order valence-corrected chi connectivity index (χ0v) is 18.7. The summed E-state index contributed by atoms with van der Waals surface area (Å²) in [5.74, 6) is -1.06. The molecule has 2 aromatic carbocycles. The standard InChI is InChI=1S/C24H25FN4O5/c1-33-19-8-6-16(25)22-15(19)12-17(27-22)23(31)26-14-5-7-20-18(11-14)29(24(32)34-20)13-21(30)28-9-3-2-4-10-28/h5-8,11,17,27H,2-4,9-10,12-13H2,1H3,(H,26,31). The van der Waals surface area contributed by atoms with Crippen LogP contribution in [-0.2, 0) is 22.6 Å². The Morgan fingerprint density at radius 1 is 1.21 bits per heavy atom. The number of ether oxygens (including phenoxy) is 1. The van der Waals surface area contributed by atoms with Gasteiger partial charge in [-0.3, -0.25) is 14.2 Å². The number of nitrogens with zero attached hydrogens (tertiary/aromatic N) is 2. The Kier molecular flexibility index (Phi) is 5.72. The molecule has 2 aliphatic rings. The molecule has 0 spiro atoms. The lowest BCUT2D eigenvalue weighted by Gasteiger charge is -2.26. The zero-order chi connectivity index (χ0) is 23.8. The number of aromatic nitrogens is 1. The van der Waals surface area contributed by atoms with E-state index in [1.165, 1.54) is 23.8 Å². The average molecular weight is 468 g/mol. The van der Waals surface area contributed by atoms with E-state index in [0.29, 0.717) is 41.2 Å². The molecular formula is C24H25FN4O5. The van der Waals surface area contributed by atoms with Crippen molar-refractivity contribution in [1.82, 2.24) is 9.47 Å². The number of hydrogen-bond donors (Lipinski definition) is 2. The quantitative estimate of drug-likeness (QED) is 0.597. The first-order valence-corrected chi connectivity index (χ1v) is 11.3. The molecule has 0 aliphatic carbocycles. The van der Waals surface area contributed by atoms with Crippen molar-refractivity contribution >= 4 is 34.3 Å². The third-order valence-electron chi connectivity index (χ3n) is 6.42. The highest BCUT2D eigenvalue weighted by atomic mass is 19.1. The highest BCUT2D eigenvalue weighted by Gasteiger charge is 2.31. The molecule has 5 rings (SSSR count). The van der Waals surface area contributed by atoms with E-state index >= 15 is 0 Å². The average Bonchev–Trinajstić information content (AvgIpc) is 3.43. The molecule has 0 bridgehead atoms. The maximum absolute atomic E-state index is 14.2. The normalized spacial score (nSPS) is 17.4. The molecule has 3 aromatic rings. The molecule has 1 unspecified atom stereocenters. The third-order valence-corrected chi connectivity index (χ3v) is 6.42. The molecular weight excluding hydrogens is 443 g/mol. The Hall–Kier alpha value is -3.82. The number of likely N-dealkylation sites (tertiary alicyclic amines) is 1. The third kappa shape index (κ3) is 4.00. The Bertz CT molecular complexity index is 1320. The number of nitrogens with one attached hydrogen (secondary N) is 2. The Balaban J connectivity index is 1.34. The number of oxazole rings is 1. The van der Waals surface area contributed by atoms with Gasteiger partial charge in [-0.15, -0.1) is 0 Å². The van der Waals surface area contributed by atoms with Gasteiger partial charge in [-0.1, -0.05) is 0 Å². The van der Waals surface area contributed by atoms with Gasteiger partial charge in [-0.05, 0) is 49.6 Å². The van der Waals surface area contributed by atoms with E-state index in [0.717, 1.165) is 19.3 Å². The van der Waals surface area contributed by atoms with E-state index in [2.05, 4.69) is 10.6 Å². The minimum absolute atomic E-state index is 0.123. The first kappa shape index (κ1) is 22.0. The number of halogens is 1. The van der Waals surface area contributed by atoms with E-state index in [-0.39, 0.29) is 30.5 Å². The van der Waals surface area contributed by atoms with E-state index in [1.54, 1.807) is 23.1 Å². The summed E-state index contributed by atoms with van der Waals surface area (Å²) >= 11 is 0. The van der Waals surface area contributed by atoms with Crippen LogP contribution >= 0.6 is 0 Å². The van der Waals surface area contributed by atoms with Crippen molar-refractivity contribution in [2.24, 2.45) is 0 Å². The van der Waals surface area contributed by atoms with Crippen molar-refractivity contribution in [2.75, 3.05) is 30.8 Å². The van der Waals surface area contributed by atoms with Crippen LogP contribution in [0.3, 0.4) is 0 Å². The fraction of sp³-hybridized carbons (Fsp3) is 0.375. The number of hydrogen-bond acceptors (Lipinski definition) is 6. The fourth-order valence-corrected chi connectivity index (χ4v) is 4.64. The molecule has 0 radical (unpaired) electrons. The molecule has 34 heavy (non-hydrogen) atoms. The van der Waals surface area contributed by atoms with Crippen LogP contribution in [-0.4, -0.2) is 47.5 Å². The molecule has 1 aromatic heterocycles. The Morgan fingerprint density at radius 2 is 2.00 bits per heavy atom. The number of amides is 2. The maximum Gasteiger partial charge on any atom is 0.420 e. The summed E-state index contributed by atoms with van der Waals surface area (Å²) in [5.41, 5.74) is 2.05. The summed E-state index contributed by atoms with van der Waals surface area (Å²) in [6, 6.07) is 6.93. The van der Waals surface area contributed by atoms with Crippen LogP contribution in [0.25, 0.3) is 11.1 Å². The molecule has 10 heteroatoms. The largest absolute Gasteiger partial charge is 0.496 e.